The molecule has 1 aliphatic rings. The van der Waals surface area contributed by atoms with Crippen LogP contribution in [0.5, 0.6) is 0 Å². The van der Waals surface area contributed by atoms with Gasteiger partial charge in [-0.3, -0.25) is 4.79 Å². The third-order valence-electron chi connectivity index (χ3n) is 3.07. The maximum atomic E-state index is 11.7. The molecule has 1 saturated heterocycles. The molecule has 6 heteroatoms. The van der Waals surface area contributed by atoms with Gasteiger partial charge in [0.05, 0.1) is 6.04 Å². The zero-order chi connectivity index (χ0) is 12.8. The summed E-state index contributed by atoms with van der Waals surface area (Å²) in [6.45, 7) is 3.76. The Bertz CT molecular complexity index is 385. The Morgan fingerprint density at radius 1 is 1.56 bits per heavy atom. The van der Waals surface area contributed by atoms with Gasteiger partial charge in [0.2, 0.25) is 5.89 Å². The molecule has 1 amide bonds. The molecule has 0 saturated carbocycles. The number of aromatic nitrogens is 2. The van der Waals surface area contributed by atoms with Gasteiger partial charge < -0.3 is 15.2 Å². The van der Waals surface area contributed by atoms with E-state index in [1.165, 1.54) is 0 Å². The van der Waals surface area contributed by atoms with E-state index >= 15 is 0 Å². The van der Waals surface area contributed by atoms with Gasteiger partial charge in [-0.15, -0.1) is 0 Å². The van der Waals surface area contributed by atoms with E-state index in [1.54, 1.807) is 0 Å². The number of nitrogens with one attached hydrogen (secondary N) is 2. The van der Waals surface area contributed by atoms with Gasteiger partial charge in [-0.1, -0.05) is 24.9 Å². The van der Waals surface area contributed by atoms with Crippen LogP contribution in [0.1, 0.15) is 61.6 Å². The van der Waals surface area contributed by atoms with Crippen LogP contribution in [0.3, 0.4) is 0 Å². The first-order valence-electron chi connectivity index (χ1n) is 6.66. The Morgan fingerprint density at radius 2 is 2.44 bits per heavy atom. The molecule has 0 bridgehead atoms. The second-order valence-corrected chi connectivity index (χ2v) is 4.57. The summed E-state index contributed by atoms with van der Waals surface area (Å²) in [5.41, 5.74) is 0. The fourth-order valence-electron chi connectivity index (χ4n) is 2.02. The summed E-state index contributed by atoms with van der Waals surface area (Å²) in [5.74, 6) is 0.403. The fraction of sp³-hybridized carbons (Fsp3) is 0.750. The van der Waals surface area contributed by atoms with E-state index in [9.17, 15) is 4.79 Å². The van der Waals surface area contributed by atoms with Crippen LogP contribution < -0.4 is 10.6 Å². The molecule has 2 N–H and O–H groups in total. The predicted octanol–water partition coefficient (Wildman–Crippen LogP) is 1.41. The van der Waals surface area contributed by atoms with Crippen molar-refractivity contribution in [1.29, 1.82) is 0 Å². The molecule has 6 nitrogen and oxygen atoms in total. The van der Waals surface area contributed by atoms with Crippen LogP contribution in [0.2, 0.25) is 0 Å². The van der Waals surface area contributed by atoms with Crippen LogP contribution in [0.15, 0.2) is 4.52 Å². The molecule has 0 radical (unpaired) electrons. The van der Waals surface area contributed by atoms with Gasteiger partial charge in [0, 0.05) is 6.54 Å². The Labute approximate surface area is 107 Å². The molecule has 1 atom stereocenters. The fourth-order valence-corrected chi connectivity index (χ4v) is 2.02. The molecule has 1 aromatic heterocycles. The maximum absolute atomic E-state index is 11.7. The lowest BCUT2D eigenvalue weighted by atomic mass is 10.2. The summed E-state index contributed by atoms with van der Waals surface area (Å²) < 4.78 is 5.11. The topological polar surface area (TPSA) is 80.0 Å². The van der Waals surface area contributed by atoms with Crippen molar-refractivity contribution in [3.05, 3.63) is 11.7 Å². The first-order valence-corrected chi connectivity index (χ1v) is 6.66. The van der Waals surface area contributed by atoms with Gasteiger partial charge in [0.15, 0.2) is 0 Å². The van der Waals surface area contributed by atoms with Crippen LogP contribution in [-0.4, -0.2) is 29.1 Å². The Kier molecular flexibility index (Phi) is 4.69. The van der Waals surface area contributed by atoms with E-state index in [2.05, 4.69) is 27.7 Å². The highest BCUT2D eigenvalue weighted by Crippen LogP contribution is 2.20. The standard InChI is InChI=1S/C12H20N4O2/c1-2-3-4-7-14-11(17)10-15-12(18-16-10)9-6-5-8-13-9/h9,13H,2-8H2,1H3,(H,14,17). The smallest absolute Gasteiger partial charge is 0.292 e. The van der Waals surface area contributed by atoms with Crippen LogP contribution in [0.4, 0.5) is 0 Å². The maximum Gasteiger partial charge on any atom is 0.292 e. The average Bonchev–Trinajstić information content (AvgIpc) is 3.03. The molecule has 2 rings (SSSR count). The highest BCUT2D eigenvalue weighted by atomic mass is 16.5. The van der Waals surface area contributed by atoms with Gasteiger partial charge in [-0.25, -0.2) is 0 Å². The molecule has 1 unspecified atom stereocenters. The summed E-state index contributed by atoms with van der Waals surface area (Å²) in [7, 11) is 0. The van der Waals surface area contributed by atoms with Crippen molar-refractivity contribution in [2.45, 2.75) is 45.1 Å². The summed E-state index contributed by atoms with van der Waals surface area (Å²) in [5, 5.41) is 9.77. The van der Waals surface area contributed by atoms with Crippen molar-refractivity contribution in [1.82, 2.24) is 20.8 Å². The van der Waals surface area contributed by atoms with E-state index in [0.29, 0.717) is 12.4 Å². The molecular formula is C12H20N4O2. The number of carbonyl (C=O) groups excluding carboxylic acids is 1. The SMILES string of the molecule is CCCCCNC(=O)c1noc(C2CCCN2)n1. The molecule has 2 heterocycles. The van der Waals surface area contributed by atoms with Crippen molar-refractivity contribution in [2.75, 3.05) is 13.1 Å². The summed E-state index contributed by atoms with van der Waals surface area (Å²) >= 11 is 0. The van der Waals surface area contributed by atoms with E-state index in [4.69, 9.17) is 4.52 Å². The van der Waals surface area contributed by atoms with Crippen LogP contribution in [0, 0.1) is 0 Å². The molecule has 0 aliphatic carbocycles. The molecule has 0 aromatic carbocycles. The predicted molar refractivity (Wildman–Crippen MR) is 66.1 cm³/mol. The lowest BCUT2D eigenvalue weighted by Crippen LogP contribution is -2.25. The minimum absolute atomic E-state index is 0.110. The lowest BCUT2D eigenvalue weighted by Gasteiger charge is -2.02. The third kappa shape index (κ3) is 3.29. The molecule has 1 aliphatic heterocycles. The minimum Gasteiger partial charge on any atom is -0.349 e. The zero-order valence-electron chi connectivity index (χ0n) is 10.7. The number of nitrogens with zero attached hydrogens (tertiary/aromatic N) is 2. The highest BCUT2D eigenvalue weighted by Gasteiger charge is 2.24. The number of rotatable bonds is 6. The normalized spacial score (nSPS) is 19.1. The van der Waals surface area contributed by atoms with Gasteiger partial charge >= 0.3 is 0 Å². The number of unbranched alkanes of at least 4 members (excludes halogenated alkanes) is 2. The highest BCUT2D eigenvalue weighted by molar-refractivity contribution is 5.90. The number of amides is 1. The first-order chi connectivity index (χ1) is 8.81. The van der Waals surface area contributed by atoms with Crippen molar-refractivity contribution in [2.24, 2.45) is 0 Å². The van der Waals surface area contributed by atoms with Gasteiger partial charge in [0.1, 0.15) is 0 Å². The van der Waals surface area contributed by atoms with E-state index in [0.717, 1.165) is 38.6 Å². The van der Waals surface area contributed by atoms with Crippen molar-refractivity contribution in [3.8, 4) is 0 Å². The van der Waals surface area contributed by atoms with E-state index in [-0.39, 0.29) is 17.8 Å². The molecule has 1 fully saturated rings. The third-order valence-corrected chi connectivity index (χ3v) is 3.07. The molecular weight excluding hydrogens is 232 g/mol. The van der Waals surface area contributed by atoms with E-state index in [1.807, 2.05) is 0 Å². The molecule has 0 spiro atoms. The Morgan fingerprint density at radius 3 is 3.17 bits per heavy atom. The second kappa shape index (κ2) is 6.49. The molecule has 18 heavy (non-hydrogen) atoms. The molecule has 1 aromatic rings. The van der Waals surface area contributed by atoms with Crippen molar-refractivity contribution >= 4 is 5.91 Å². The number of carbonyl (C=O) groups is 1. The first kappa shape index (κ1) is 13.0. The average molecular weight is 252 g/mol. The minimum atomic E-state index is -0.251. The quantitative estimate of drug-likeness (QED) is 0.748. The second-order valence-electron chi connectivity index (χ2n) is 4.57. The lowest BCUT2D eigenvalue weighted by molar-refractivity contribution is 0.0939. The summed E-state index contributed by atoms with van der Waals surface area (Å²) in [6.07, 6.45) is 5.32. The Balaban J connectivity index is 1.83. The van der Waals surface area contributed by atoms with Gasteiger partial charge in [0.25, 0.3) is 11.7 Å². The Hall–Kier alpha value is -1.43. The number of hydrogen-bond acceptors (Lipinski definition) is 5. The van der Waals surface area contributed by atoms with Crippen LogP contribution in [0.25, 0.3) is 0 Å². The summed E-state index contributed by atoms with van der Waals surface area (Å²) in [4.78, 5) is 15.9. The van der Waals surface area contributed by atoms with Crippen molar-refractivity contribution in [3.63, 3.8) is 0 Å². The van der Waals surface area contributed by atoms with Crippen LogP contribution in [-0.2, 0) is 0 Å². The van der Waals surface area contributed by atoms with Gasteiger partial charge in [-0.05, 0) is 25.8 Å². The van der Waals surface area contributed by atoms with E-state index < -0.39 is 0 Å². The monoisotopic (exact) mass is 252 g/mol. The van der Waals surface area contributed by atoms with Gasteiger partial charge in [-0.2, -0.15) is 4.98 Å². The molecule has 100 valence electrons. The zero-order valence-corrected chi connectivity index (χ0v) is 10.7. The largest absolute Gasteiger partial charge is 0.349 e. The van der Waals surface area contributed by atoms with Crippen LogP contribution >= 0.6 is 0 Å². The number of hydrogen-bond donors (Lipinski definition) is 2. The van der Waals surface area contributed by atoms with Crippen molar-refractivity contribution < 1.29 is 9.32 Å². The summed E-state index contributed by atoms with van der Waals surface area (Å²) in [6, 6.07) is 0.110.